The molecule has 4 rings (SSSR count). The molecule has 172 valence electrons. The van der Waals surface area contributed by atoms with Crippen molar-refractivity contribution in [1.82, 2.24) is 9.61 Å². The van der Waals surface area contributed by atoms with Crippen LogP contribution in [0.5, 0.6) is 0 Å². The van der Waals surface area contributed by atoms with E-state index in [9.17, 15) is 22.8 Å². The Hall–Kier alpha value is -3.59. The summed E-state index contributed by atoms with van der Waals surface area (Å²) < 4.78 is 44.0. The number of esters is 1. The third-order valence-corrected chi connectivity index (χ3v) is 6.10. The maximum atomic E-state index is 12.8. The van der Waals surface area contributed by atoms with Gasteiger partial charge in [-0.2, -0.15) is 18.4 Å². The van der Waals surface area contributed by atoms with Gasteiger partial charge in [-0.1, -0.05) is 6.42 Å². The molecule has 2 atom stereocenters. The molecule has 3 aromatic rings. The largest absolute Gasteiger partial charge is 0.490 e. The maximum Gasteiger partial charge on any atom is 0.490 e. The van der Waals surface area contributed by atoms with Crippen molar-refractivity contribution in [2.45, 2.75) is 44.0 Å². The number of amides is 1. The highest BCUT2D eigenvalue weighted by Crippen LogP contribution is 2.27. The van der Waals surface area contributed by atoms with Crippen LogP contribution >= 0.6 is 11.3 Å². The van der Waals surface area contributed by atoms with Gasteiger partial charge in [0.15, 0.2) is 0 Å². The first-order chi connectivity index (χ1) is 15.8. The quantitative estimate of drug-likeness (QED) is 0.529. The van der Waals surface area contributed by atoms with Crippen LogP contribution in [-0.2, 0) is 9.53 Å². The van der Waals surface area contributed by atoms with Crippen molar-refractivity contribution in [3.63, 3.8) is 0 Å². The lowest BCUT2D eigenvalue weighted by Gasteiger charge is -2.32. The average molecular weight is 477 g/mol. The number of carbonyl (C=O) groups excluding carboxylic acids is 2. The molecular weight excluding hydrogens is 459 g/mol. The minimum Gasteiger partial charge on any atom is -0.454 e. The number of anilines is 2. The van der Waals surface area contributed by atoms with Crippen molar-refractivity contribution in [2.24, 2.45) is 0 Å². The molecule has 8 nitrogen and oxygen atoms in total. The molecule has 12 heteroatoms. The van der Waals surface area contributed by atoms with E-state index in [0.717, 1.165) is 6.42 Å². The van der Waals surface area contributed by atoms with Crippen LogP contribution in [0.1, 0.15) is 41.0 Å². The number of ether oxygens (including phenoxy) is 1. The number of rotatable bonds is 5. The summed E-state index contributed by atoms with van der Waals surface area (Å²) in [6, 6.07) is 9.70. The van der Waals surface area contributed by atoms with E-state index in [-0.39, 0.29) is 5.69 Å². The molecule has 0 saturated heterocycles. The van der Waals surface area contributed by atoms with E-state index >= 15 is 0 Å². The van der Waals surface area contributed by atoms with Crippen LogP contribution < -0.4 is 10.6 Å². The Morgan fingerprint density at radius 3 is 2.70 bits per heavy atom. The summed E-state index contributed by atoms with van der Waals surface area (Å²) in [5, 5.41) is 21.0. The molecule has 0 unspecified atom stereocenters. The van der Waals surface area contributed by atoms with E-state index in [1.807, 2.05) is 6.07 Å². The van der Waals surface area contributed by atoms with Crippen molar-refractivity contribution in [3.05, 3.63) is 46.3 Å². The number of halogens is 3. The van der Waals surface area contributed by atoms with Crippen LogP contribution in [0.3, 0.4) is 0 Å². The second-order valence-corrected chi connectivity index (χ2v) is 8.40. The molecule has 0 radical (unpaired) electrons. The number of nitrogens with zero attached hydrogens (tertiary/aromatic N) is 3. The van der Waals surface area contributed by atoms with Gasteiger partial charge < -0.3 is 15.4 Å². The zero-order chi connectivity index (χ0) is 23.6. The van der Waals surface area contributed by atoms with Crippen molar-refractivity contribution >= 4 is 40.2 Å². The summed E-state index contributed by atoms with van der Waals surface area (Å²) in [7, 11) is 0. The molecule has 1 saturated carbocycles. The van der Waals surface area contributed by atoms with Crippen LogP contribution in [0.15, 0.2) is 35.7 Å². The number of fused-ring (bicyclic) bond motifs is 1. The molecule has 0 aromatic carbocycles. The van der Waals surface area contributed by atoms with E-state index in [0.29, 0.717) is 41.2 Å². The lowest BCUT2D eigenvalue weighted by atomic mass is 9.92. The minimum absolute atomic E-state index is 0.215. The van der Waals surface area contributed by atoms with Crippen molar-refractivity contribution < 1.29 is 27.5 Å². The van der Waals surface area contributed by atoms with E-state index < -0.39 is 30.2 Å². The molecule has 0 bridgehead atoms. The van der Waals surface area contributed by atoms with E-state index in [1.165, 1.54) is 15.9 Å². The average Bonchev–Trinajstić information content (AvgIpc) is 3.40. The van der Waals surface area contributed by atoms with Gasteiger partial charge in [0.2, 0.25) is 0 Å². The van der Waals surface area contributed by atoms with Crippen LogP contribution in [0.25, 0.3) is 5.52 Å². The highest BCUT2D eigenvalue weighted by molar-refractivity contribution is 7.11. The van der Waals surface area contributed by atoms with Gasteiger partial charge in [-0.3, -0.25) is 4.79 Å². The van der Waals surface area contributed by atoms with E-state index in [2.05, 4.69) is 15.7 Å². The zero-order valence-electron chi connectivity index (χ0n) is 17.1. The first-order valence-corrected chi connectivity index (χ1v) is 11.0. The fraction of sp³-hybridized carbons (Fsp3) is 0.333. The number of carbonyl (C=O) groups is 2. The normalized spacial score (nSPS) is 18.5. The number of aromatic nitrogens is 2. The van der Waals surface area contributed by atoms with E-state index in [4.69, 9.17) is 10.00 Å². The number of nitrogens with one attached hydrogen (secondary N) is 2. The fourth-order valence-electron chi connectivity index (χ4n) is 3.71. The van der Waals surface area contributed by atoms with Gasteiger partial charge in [0.25, 0.3) is 5.91 Å². The predicted octanol–water partition coefficient (Wildman–Crippen LogP) is 4.35. The van der Waals surface area contributed by atoms with Crippen LogP contribution in [0, 0.1) is 11.3 Å². The number of hydrogen-bond donors (Lipinski definition) is 2. The van der Waals surface area contributed by atoms with Gasteiger partial charge >= 0.3 is 12.1 Å². The van der Waals surface area contributed by atoms with Crippen LogP contribution in [0.2, 0.25) is 0 Å². The zero-order valence-corrected chi connectivity index (χ0v) is 17.9. The Labute approximate surface area is 190 Å². The summed E-state index contributed by atoms with van der Waals surface area (Å²) in [6.07, 6.45) is -3.78. The van der Waals surface area contributed by atoms with Crippen molar-refractivity contribution in [1.29, 1.82) is 5.26 Å². The van der Waals surface area contributed by atoms with Gasteiger partial charge in [0, 0.05) is 0 Å². The Bertz CT molecular complexity index is 1230. The Balaban J connectivity index is 1.53. The molecule has 33 heavy (non-hydrogen) atoms. The fourth-order valence-corrected chi connectivity index (χ4v) is 4.35. The number of hydrogen-bond acceptors (Lipinski definition) is 7. The van der Waals surface area contributed by atoms with Gasteiger partial charge in [-0.15, -0.1) is 16.4 Å². The molecule has 3 heterocycles. The summed E-state index contributed by atoms with van der Waals surface area (Å²) in [5.41, 5.74) is 1.24. The Kier molecular flexibility index (Phi) is 6.24. The molecule has 1 aliphatic rings. The smallest absolute Gasteiger partial charge is 0.454 e. The molecule has 1 aliphatic carbocycles. The van der Waals surface area contributed by atoms with Crippen molar-refractivity contribution in [3.8, 4) is 6.07 Å². The summed E-state index contributed by atoms with van der Waals surface area (Å²) >= 11 is 1.21. The van der Waals surface area contributed by atoms with Gasteiger partial charge in [-0.25, -0.2) is 9.31 Å². The highest BCUT2D eigenvalue weighted by Gasteiger charge is 2.43. The predicted molar refractivity (Wildman–Crippen MR) is 114 cm³/mol. The Morgan fingerprint density at radius 2 is 1.94 bits per heavy atom. The topological polar surface area (TPSA) is 109 Å². The SMILES string of the molecule is N#Cc1sccc1NC(=O)c1ccc2ccc(N[C@@H]3CCCC[C@@H]3OC(=O)C(F)(F)F)nn12. The van der Waals surface area contributed by atoms with Gasteiger partial charge in [-0.05, 0) is 55.0 Å². The third-order valence-electron chi connectivity index (χ3n) is 5.28. The molecule has 1 amide bonds. The Morgan fingerprint density at radius 1 is 1.18 bits per heavy atom. The summed E-state index contributed by atoms with van der Waals surface area (Å²) in [6.45, 7) is 0. The van der Waals surface area contributed by atoms with Crippen LogP contribution in [-0.4, -0.2) is 39.8 Å². The molecule has 1 fully saturated rings. The molecule has 2 N–H and O–H groups in total. The van der Waals surface area contributed by atoms with Crippen LogP contribution in [0.4, 0.5) is 24.7 Å². The lowest BCUT2D eigenvalue weighted by molar-refractivity contribution is -0.206. The highest BCUT2D eigenvalue weighted by atomic mass is 32.1. The van der Waals surface area contributed by atoms with E-state index in [1.54, 1.807) is 35.7 Å². The number of thiophene rings is 1. The second-order valence-electron chi connectivity index (χ2n) is 7.48. The molecule has 0 aliphatic heterocycles. The minimum atomic E-state index is -5.06. The van der Waals surface area contributed by atoms with Crippen molar-refractivity contribution in [2.75, 3.05) is 10.6 Å². The first-order valence-electron chi connectivity index (χ1n) is 10.1. The number of alkyl halides is 3. The van der Waals surface area contributed by atoms with Gasteiger partial charge in [0.05, 0.1) is 17.2 Å². The lowest BCUT2D eigenvalue weighted by Crippen LogP contribution is -2.42. The second kappa shape index (κ2) is 9.11. The first kappa shape index (κ1) is 22.6. The molecular formula is C21H18F3N5O3S. The number of nitriles is 1. The molecule has 3 aromatic heterocycles. The summed E-state index contributed by atoms with van der Waals surface area (Å²) in [5.74, 6) is -2.36. The van der Waals surface area contributed by atoms with Gasteiger partial charge in [0.1, 0.15) is 28.6 Å². The monoisotopic (exact) mass is 477 g/mol. The summed E-state index contributed by atoms with van der Waals surface area (Å²) in [4.78, 5) is 24.4. The third kappa shape index (κ3) is 4.93. The maximum absolute atomic E-state index is 12.8. The molecule has 0 spiro atoms. The standard InChI is InChI=1S/C21H18F3N5O3S/c22-21(23,24)20(31)32-16-4-2-1-3-13(16)26-18-8-6-12-5-7-15(29(12)28-18)19(30)27-14-9-10-33-17(14)11-25/h5-10,13,16H,1-4H2,(H,26,28)(H,27,30)/t13-,16+/m1/s1.